The number of aryl methyl sites for hydroxylation is 1. The van der Waals surface area contributed by atoms with Crippen LogP contribution in [0.15, 0.2) is 12.4 Å². The van der Waals surface area contributed by atoms with Crippen molar-refractivity contribution in [1.29, 1.82) is 0 Å². The minimum atomic E-state index is -3.32. The van der Waals surface area contributed by atoms with E-state index >= 15 is 0 Å². The summed E-state index contributed by atoms with van der Waals surface area (Å²) in [6.45, 7) is 14.7. The van der Waals surface area contributed by atoms with Crippen molar-refractivity contribution in [2.45, 2.75) is 72.6 Å². The van der Waals surface area contributed by atoms with Gasteiger partial charge >= 0.3 is 0 Å². The van der Waals surface area contributed by atoms with Crippen molar-refractivity contribution >= 4 is 10.0 Å². The molecule has 0 bridgehead atoms. The van der Waals surface area contributed by atoms with Gasteiger partial charge in [0.05, 0.1) is 36.7 Å². The lowest BCUT2D eigenvalue weighted by Gasteiger charge is -2.43. The Kier molecular flexibility index (Phi) is 6.87. The fourth-order valence-corrected chi connectivity index (χ4v) is 4.20. The molecule has 0 amide bonds. The Morgan fingerprint density at radius 3 is 2.24 bits per heavy atom. The highest BCUT2D eigenvalue weighted by molar-refractivity contribution is 7.88. The Labute approximate surface area is 153 Å². The minimum Gasteiger partial charge on any atom is -0.377 e. The van der Waals surface area contributed by atoms with Crippen molar-refractivity contribution in [1.82, 2.24) is 14.1 Å². The smallest absolute Gasteiger partial charge is 0.211 e. The van der Waals surface area contributed by atoms with E-state index in [1.807, 2.05) is 37.8 Å². The summed E-state index contributed by atoms with van der Waals surface area (Å²) in [7, 11) is -1.68. The van der Waals surface area contributed by atoms with Gasteiger partial charge in [-0.15, -0.1) is 0 Å². The zero-order valence-electron chi connectivity index (χ0n) is 17.2. The number of nitrogens with zero attached hydrogens (tertiary/aromatic N) is 3. The van der Waals surface area contributed by atoms with Gasteiger partial charge in [-0.1, -0.05) is 13.8 Å². The third-order valence-electron chi connectivity index (χ3n) is 4.67. The number of aromatic nitrogens is 2. The second-order valence-corrected chi connectivity index (χ2v) is 10.7. The summed E-state index contributed by atoms with van der Waals surface area (Å²) < 4.78 is 33.5. The summed E-state index contributed by atoms with van der Waals surface area (Å²) in [5, 5.41) is 4.45. The largest absolute Gasteiger partial charge is 0.377 e. The molecule has 1 unspecified atom stereocenters. The van der Waals surface area contributed by atoms with E-state index in [9.17, 15) is 8.42 Å². The first-order valence-corrected chi connectivity index (χ1v) is 10.6. The van der Waals surface area contributed by atoms with Crippen LogP contribution in [0.2, 0.25) is 0 Å². The van der Waals surface area contributed by atoms with Crippen molar-refractivity contribution in [3.63, 3.8) is 0 Å². The molecule has 1 rings (SSSR count). The average molecular weight is 374 g/mol. The molecule has 25 heavy (non-hydrogen) atoms. The lowest BCUT2D eigenvalue weighted by atomic mass is 9.75. The Hall–Kier alpha value is -0.920. The summed E-state index contributed by atoms with van der Waals surface area (Å²) in [5.41, 5.74) is 0.557. The Bertz CT molecular complexity index is 663. The van der Waals surface area contributed by atoms with E-state index in [-0.39, 0.29) is 23.1 Å². The van der Waals surface area contributed by atoms with Gasteiger partial charge in [0.2, 0.25) is 10.0 Å². The molecular weight excluding hydrogens is 338 g/mol. The van der Waals surface area contributed by atoms with E-state index < -0.39 is 10.0 Å². The van der Waals surface area contributed by atoms with Gasteiger partial charge in [0.15, 0.2) is 0 Å². The van der Waals surface area contributed by atoms with Gasteiger partial charge in [-0.3, -0.25) is 4.68 Å². The summed E-state index contributed by atoms with van der Waals surface area (Å²) in [6, 6.07) is -0.263. The first-order valence-electron chi connectivity index (χ1n) is 8.73. The molecule has 0 radical (unpaired) electrons. The van der Waals surface area contributed by atoms with Gasteiger partial charge in [-0.05, 0) is 52.0 Å². The molecule has 1 aromatic rings. The van der Waals surface area contributed by atoms with E-state index in [0.29, 0.717) is 6.61 Å². The van der Waals surface area contributed by atoms with Crippen LogP contribution >= 0.6 is 0 Å². The maximum absolute atomic E-state index is 12.2. The van der Waals surface area contributed by atoms with Crippen LogP contribution in [0.25, 0.3) is 0 Å². The normalized spacial score (nSPS) is 15.2. The molecule has 0 aromatic carbocycles. The maximum atomic E-state index is 12.2. The highest BCUT2D eigenvalue weighted by Crippen LogP contribution is 2.38. The van der Waals surface area contributed by atoms with Crippen molar-refractivity contribution in [3.8, 4) is 0 Å². The molecule has 6 nitrogen and oxygen atoms in total. The van der Waals surface area contributed by atoms with Crippen LogP contribution in [0.1, 0.15) is 53.5 Å². The first-order chi connectivity index (χ1) is 11.2. The highest BCUT2D eigenvalue weighted by Gasteiger charge is 2.41. The van der Waals surface area contributed by atoms with Gasteiger partial charge in [-0.25, -0.2) is 8.42 Å². The van der Waals surface area contributed by atoms with Crippen molar-refractivity contribution in [2.24, 2.45) is 5.41 Å². The molecule has 0 aliphatic heterocycles. The van der Waals surface area contributed by atoms with Gasteiger partial charge in [0.25, 0.3) is 0 Å². The lowest BCUT2D eigenvalue weighted by Crippen LogP contribution is -2.51. The van der Waals surface area contributed by atoms with Gasteiger partial charge in [0.1, 0.15) is 0 Å². The van der Waals surface area contributed by atoms with E-state index in [1.54, 1.807) is 7.05 Å². The molecule has 0 saturated carbocycles. The summed E-state index contributed by atoms with van der Waals surface area (Å²) in [4.78, 5) is 0. The second kappa shape index (κ2) is 7.76. The summed E-state index contributed by atoms with van der Waals surface area (Å²) >= 11 is 0. The van der Waals surface area contributed by atoms with Crippen LogP contribution < -0.4 is 0 Å². The van der Waals surface area contributed by atoms with Crippen LogP contribution in [0.5, 0.6) is 0 Å². The quantitative estimate of drug-likeness (QED) is 0.667. The van der Waals surface area contributed by atoms with Crippen LogP contribution in [-0.4, -0.2) is 54.6 Å². The number of hydrogen-bond acceptors (Lipinski definition) is 4. The zero-order valence-corrected chi connectivity index (χ0v) is 18.0. The van der Waals surface area contributed by atoms with E-state index in [0.717, 1.165) is 12.0 Å². The fourth-order valence-electron chi connectivity index (χ4n) is 3.40. The maximum Gasteiger partial charge on any atom is 0.211 e. The van der Waals surface area contributed by atoms with E-state index in [1.165, 1.54) is 10.6 Å². The molecule has 1 aromatic heterocycles. The SMILES string of the molecule is Cc1cnn(C(C)(C)CC(C)(C)C(COC(C)C)N(C)S(C)(=O)=O)c1. The predicted molar refractivity (Wildman–Crippen MR) is 102 cm³/mol. The molecule has 0 saturated heterocycles. The molecule has 0 N–H and O–H groups in total. The van der Waals surface area contributed by atoms with E-state index in [4.69, 9.17) is 4.74 Å². The standard InChI is InChI=1S/C18H35N3O3S/c1-14(2)24-12-16(20(8)25(9,22)23)17(4,5)13-18(6,7)21-11-15(3)10-19-21/h10-11,14,16H,12-13H2,1-9H3. The lowest BCUT2D eigenvalue weighted by molar-refractivity contribution is -0.000887. The molecule has 0 aliphatic carbocycles. The number of sulfonamides is 1. The Morgan fingerprint density at radius 1 is 1.28 bits per heavy atom. The molecule has 1 heterocycles. The number of hydrogen-bond donors (Lipinski definition) is 0. The van der Waals surface area contributed by atoms with Gasteiger partial charge in [-0.2, -0.15) is 9.40 Å². The molecule has 146 valence electrons. The first kappa shape index (κ1) is 22.1. The summed E-state index contributed by atoms with van der Waals surface area (Å²) in [5.74, 6) is 0. The van der Waals surface area contributed by atoms with Crippen LogP contribution in [0, 0.1) is 12.3 Å². The Morgan fingerprint density at radius 2 is 1.84 bits per heavy atom. The van der Waals surface area contributed by atoms with Gasteiger partial charge < -0.3 is 4.74 Å². The second-order valence-electron chi connectivity index (χ2n) is 8.62. The number of rotatable bonds is 9. The molecule has 0 spiro atoms. The third kappa shape index (κ3) is 6.08. The van der Waals surface area contributed by atoms with Crippen molar-refractivity contribution in [2.75, 3.05) is 19.9 Å². The van der Waals surface area contributed by atoms with Crippen LogP contribution in [0.3, 0.4) is 0 Å². The highest BCUT2D eigenvalue weighted by atomic mass is 32.2. The topological polar surface area (TPSA) is 64.4 Å². The van der Waals surface area contributed by atoms with E-state index in [2.05, 4.69) is 32.8 Å². The van der Waals surface area contributed by atoms with Crippen molar-refractivity contribution in [3.05, 3.63) is 18.0 Å². The van der Waals surface area contributed by atoms with Gasteiger partial charge in [0, 0.05) is 13.2 Å². The monoisotopic (exact) mass is 373 g/mol. The third-order valence-corrected chi connectivity index (χ3v) is 5.97. The van der Waals surface area contributed by atoms with Crippen molar-refractivity contribution < 1.29 is 13.2 Å². The number of ether oxygens (including phenoxy) is 1. The molecule has 0 fully saturated rings. The summed E-state index contributed by atoms with van der Waals surface area (Å²) in [6.07, 6.45) is 5.92. The average Bonchev–Trinajstić information content (AvgIpc) is 2.83. The molecule has 1 atom stereocenters. The van der Waals surface area contributed by atoms with Crippen LogP contribution in [-0.2, 0) is 20.3 Å². The predicted octanol–water partition coefficient (Wildman–Crippen LogP) is 3.03. The number of likely N-dealkylation sites (N-methyl/N-ethyl adjacent to an activating group) is 1. The van der Waals surface area contributed by atoms with Crippen LogP contribution in [0.4, 0.5) is 0 Å². The fraction of sp³-hybridized carbons (Fsp3) is 0.833. The molecule has 7 heteroatoms. The molecule has 0 aliphatic rings. The molecular formula is C18H35N3O3S. The minimum absolute atomic E-state index is 0.0491. The zero-order chi connectivity index (χ0) is 19.6. The Balaban J connectivity index is 3.12.